The number of ether oxygens (including phenoxy) is 1. The lowest BCUT2D eigenvalue weighted by Crippen LogP contribution is -1.93. The molecule has 0 saturated carbocycles. The average molecular weight is 154 g/mol. The number of allylic oxidation sites excluding steroid dienone is 1. The molecule has 0 unspecified atom stereocenters. The third-order valence-electron chi connectivity index (χ3n) is 1.17. The summed E-state index contributed by atoms with van der Waals surface area (Å²) in [6.07, 6.45) is 2.84. The molecular formula is C7H6O4. The van der Waals surface area contributed by atoms with Crippen LogP contribution in [0, 0.1) is 0 Å². The molecule has 0 aliphatic carbocycles. The molecule has 58 valence electrons. The van der Waals surface area contributed by atoms with Crippen molar-refractivity contribution >= 4 is 12.3 Å². The highest BCUT2D eigenvalue weighted by molar-refractivity contribution is 5.97. The Morgan fingerprint density at radius 1 is 1.64 bits per heavy atom. The van der Waals surface area contributed by atoms with E-state index in [1.54, 1.807) is 0 Å². The Morgan fingerprint density at radius 3 is 2.91 bits per heavy atom. The zero-order chi connectivity index (χ0) is 8.27. The van der Waals surface area contributed by atoms with Crippen molar-refractivity contribution in [1.82, 2.24) is 0 Å². The van der Waals surface area contributed by atoms with Gasteiger partial charge in [0.05, 0.1) is 12.2 Å². The minimum absolute atomic E-state index is 0.132. The van der Waals surface area contributed by atoms with E-state index in [0.717, 1.165) is 6.08 Å². The quantitative estimate of drug-likeness (QED) is 0.432. The summed E-state index contributed by atoms with van der Waals surface area (Å²) in [6, 6.07) is 0. The molecule has 0 fully saturated rings. The van der Waals surface area contributed by atoms with Gasteiger partial charge in [-0.3, -0.25) is 4.79 Å². The van der Waals surface area contributed by atoms with E-state index in [2.05, 4.69) is 4.74 Å². The van der Waals surface area contributed by atoms with Crippen LogP contribution in [0.15, 0.2) is 23.5 Å². The maximum atomic E-state index is 10.5. The molecule has 1 N–H and O–H groups in total. The van der Waals surface area contributed by atoms with E-state index in [1.807, 2.05) is 0 Å². The van der Waals surface area contributed by atoms with Gasteiger partial charge in [-0.05, 0) is 6.08 Å². The second kappa shape index (κ2) is 3.12. The van der Waals surface area contributed by atoms with Crippen LogP contribution in [0.3, 0.4) is 0 Å². The van der Waals surface area contributed by atoms with Gasteiger partial charge < -0.3 is 9.84 Å². The fourth-order valence-corrected chi connectivity index (χ4v) is 0.729. The largest absolute Gasteiger partial charge is 0.423 e. The molecule has 0 amide bonds. The van der Waals surface area contributed by atoms with Gasteiger partial charge in [0.1, 0.15) is 5.76 Å². The average Bonchev–Trinajstić information content (AvgIpc) is 2.32. The summed E-state index contributed by atoms with van der Waals surface area (Å²) in [5.74, 6) is -0.445. The fourth-order valence-electron chi connectivity index (χ4n) is 0.729. The van der Waals surface area contributed by atoms with E-state index in [4.69, 9.17) is 5.11 Å². The first-order chi connectivity index (χ1) is 5.27. The minimum Gasteiger partial charge on any atom is -0.423 e. The summed E-state index contributed by atoms with van der Waals surface area (Å²) >= 11 is 0. The number of hydrogen-bond acceptors (Lipinski definition) is 4. The van der Waals surface area contributed by atoms with Gasteiger partial charge in [-0.25, -0.2) is 4.79 Å². The molecule has 4 heteroatoms. The summed E-state index contributed by atoms with van der Waals surface area (Å²) in [7, 11) is 0. The molecule has 1 heterocycles. The van der Waals surface area contributed by atoms with Crippen molar-refractivity contribution < 1.29 is 19.4 Å². The summed E-state index contributed by atoms with van der Waals surface area (Å²) in [6.45, 7) is -0.256. The Labute approximate surface area is 62.8 Å². The van der Waals surface area contributed by atoms with Crippen LogP contribution in [0.4, 0.5) is 0 Å². The van der Waals surface area contributed by atoms with Crippen LogP contribution in [-0.2, 0) is 14.3 Å². The van der Waals surface area contributed by atoms with Gasteiger partial charge in [0, 0.05) is 6.08 Å². The van der Waals surface area contributed by atoms with Crippen LogP contribution in [0.1, 0.15) is 0 Å². The molecule has 1 aliphatic heterocycles. The van der Waals surface area contributed by atoms with Crippen LogP contribution in [0.5, 0.6) is 0 Å². The molecule has 0 aromatic rings. The Morgan fingerprint density at radius 2 is 2.36 bits per heavy atom. The van der Waals surface area contributed by atoms with Crippen LogP contribution in [0.2, 0.25) is 0 Å². The molecule has 11 heavy (non-hydrogen) atoms. The number of aldehydes is 1. The van der Waals surface area contributed by atoms with Gasteiger partial charge in [0.2, 0.25) is 0 Å². The van der Waals surface area contributed by atoms with Gasteiger partial charge in [0.25, 0.3) is 0 Å². The standard InChI is InChI=1S/C7H6O4/c8-2-1-6-5(4-9)3-7(10)11-6/h1,3-4,8H,2H2. The van der Waals surface area contributed by atoms with E-state index < -0.39 is 5.97 Å². The second-order valence-corrected chi connectivity index (χ2v) is 1.89. The van der Waals surface area contributed by atoms with E-state index in [1.165, 1.54) is 6.08 Å². The number of carbonyl (C=O) groups is 2. The molecule has 1 rings (SSSR count). The number of rotatable bonds is 2. The topological polar surface area (TPSA) is 63.6 Å². The number of aliphatic hydroxyl groups is 1. The van der Waals surface area contributed by atoms with Crippen molar-refractivity contribution in [2.45, 2.75) is 0 Å². The molecule has 0 radical (unpaired) electrons. The van der Waals surface area contributed by atoms with Gasteiger partial charge >= 0.3 is 5.97 Å². The molecule has 0 saturated heterocycles. The van der Waals surface area contributed by atoms with Crippen molar-refractivity contribution in [3.63, 3.8) is 0 Å². The molecule has 0 aromatic carbocycles. The van der Waals surface area contributed by atoms with E-state index in [0.29, 0.717) is 6.29 Å². The Hall–Kier alpha value is -1.42. The number of esters is 1. The number of hydrogen-bond donors (Lipinski definition) is 1. The van der Waals surface area contributed by atoms with Gasteiger partial charge in [0.15, 0.2) is 6.29 Å². The predicted octanol–water partition coefficient (Wildman–Crippen LogP) is -0.455. The van der Waals surface area contributed by atoms with Crippen LogP contribution in [0.25, 0.3) is 0 Å². The predicted molar refractivity (Wildman–Crippen MR) is 35.4 cm³/mol. The molecule has 0 atom stereocenters. The maximum absolute atomic E-state index is 10.5. The lowest BCUT2D eigenvalue weighted by molar-refractivity contribution is -0.132. The van der Waals surface area contributed by atoms with Gasteiger partial charge in [-0.15, -0.1) is 0 Å². The van der Waals surface area contributed by atoms with Crippen molar-refractivity contribution in [3.8, 4) is 0 Å². The summed E-state index contributed by atoms with van der Waals surface area (Å²) in [4.78, 5) is 20.7. The highest BCUT2D eigenvalue weighted by atomic mass is 16.5. The molecule has 1 aliphatic rings. The SMILES string of the molecule is O=CC1=CC(=O)OC1=CCO. The lowest BCUT2D eigenvalue weighted by atomic mass is 10.2. The fraction of sp³-hybridized carbons (Fsp3) is 0.143. The number of cyclic esters (lactones) is 1. The van der Waals surface area contributed by atoms with Gasteiger partial charge in [-0.1, -0.05) is 0 Å². The van der Waals surface area contributed by atoms with Crippen LogP contribution < -0.4 is 0 Å². The van der Waals surface area contributed by atoms with Crippen molar-refractivity contribution in [2.75, 3.05) is 6.61 Å². The first kappa shape index (κ1) is 7.68. The molecule has 0 aromatic heterocycles. The highest BCUT2D eigenvalue weighted by Gasteiger charge is 2.18. The zero-order valence-corrected chi connectivity index (χ0v) is 5.61. The first-order valence-electron chi connectivity index (χ1n) is 2.98. The van der Waals surface area contributed by atoms with E-state index in [9.17, 15) is 9.59 Å². The Bertz CT molecular complexity index is 249. The normalized spacial score (nSPS) is 19.9. The van der Waals surface area contributed by atoms with Crippen molar-refractivity contribution in [3.05, 3.63) is 23.5 Å². The summed E-state index contributed by atoms with van der Waals surface area (Å²) in [5.41, 5.74) is 0.170. The second-order valence-electron chi connectivity index (χ2n) is 1.89. The lowest BCUT2D eigenvalue weighted by Gasteiger charge is -1.94. The summed E-state index contributed by atoms with van der Waals surface area (Å²) < 4.78 is 4.54. The maximum Gasteiger partial charge on any atom is 0.337 e. The summed E-state index contributed by atoms with van der Waals surface area (Å²) in [5, 5.41) is 8.42. The highest BCUT2D eigenvalue weighted by Crippen LogP contribution is 2.16. The van der Waals surface area contributed by atoms with Crippen molar-refractivity contribution in [2.24, 2.45) is 0 Å². The number of aliphatic hydroxyl groups excluding tert-OH is 1. The Balaban J connectivity index is 2.87. The van der Waals surface area contributed by atoms with Crippen LogP contribution >= 0.6 is 0 Å². The Kier molecular flexibility index (Phi) is 2.18. The third kappa shape index (κ3) is 1.53. The first-order valence-corrected chi connectivity index (χ1v) is 2.98. The molecule has 0 bridgehead atoms. The van der Waals surface area contributed by atoms with E-state index >= 15 is 0 Å². The van der Waals surface area contributed by atoms with Gasteiger partial charge in [-0.2, -0.15) is 0 Å². The molecule has 4 nitrogen and oxygen atoms in total. The monoisotopic (exact) mass is 154 g/mol. The molecule has 0 spiro atoms. The third-order valence-corrected chi connectivity index (χ3v) is 1.17. The molecular weight excluding hydrogens is 148 g/mol. The smallest absolute Gasteiger partial charge is 0.337 e. The van der Waals surface area contributed by atoms with E-state index in [-0.39, 0.29) is 17.9 Å². The van der Waals surface area contributed by atoms with Crippen LogP contribution in [-0.4, -0.2) is 24.0 Å². The number of carbonyl (C=O) groups excluding carboxylic acids is 2. The minimum atomic E-state index is -0.577. The van der Waals surface area contributed by atoms with Crippen molar-refractivity contribution in [1.29, 1.82) is 0 Å². The zero-order valence-electron chi connectivity index (χ0n) is 5.61.